The standard InChI is InChI=1S/C38H49ClN2O4S/c1-25-5-3-7-34(44-18-17-43-2)31-13-10-29(31)22-41-23-38(16-4-6-27-20-30(39)12-14-32(27)38)24-45-35-15-11-28(21-33(35)41)37(42)40-46-36(25)19-26-8-9-26/h3,7,11-12,14-15,20-21,25-26,29,31,34,36H,4-6,8-10,13,16-19,22-24H2,1-2H3,(H,40,42)/b7-3-/t25-,29-,31+,34-,36-,38-/m0/s1. The third-order valence-electron chi connectivity index (χ3n) is 11.3. The molecule has 2 heterocycles. The first-order valence-electron chi connectivity index (χ1n) is 17.5. The normalized spacial score (nSPS) is 31.9. The zero-order valence-corrected chi connectivity index (χ0v) is 28.9. The summed E-state index contributed by atoms with van der Waals surface area (Å²) in [5, 5.41) is 1.17. The maximum Gasteiger partial charge on any atom is 0.261 e. The summed E-state index contributed by atoms with van der Waals surface area (Å²) in [6.45, 7) is 5.91. The Morgan fingerprint density at radius 2 is 2.02 bits per heavy atom. The van der Waals surface area contributed by atoms with E-state index >= 15 is 0 Å². The molecule has 1 spiro atoms. The lowest BCUT2D eigenvalue weighted by Crippen LogP contribution is -2.49. The number of anilines is 1. The van der Waals surface area contributed by atoms with Crippen molar-refractivity contribution in [3.63, 3.8) is 0 Å². The molecule has 0 unspecified atom stereocenters. The summed E-state index contributed by atoms with van der Waals surface area (Å²) >= 11 is 8.10. The van der Waals surface area contributed by atoms with Gasteiger partial charge in [0.2, 0.25) is 0 Å². The molecular weight excluding hydrogens is 616 g/mol. The molecule has 248 valence electrons. The van der Waals surface area contributed by atoms with Crippen LogP contribution >= 0.6 is 23.5 Å². The molecule has 7 rings (SSSR count). The first-order chi connectivity index (χ1) is 22.4. The molecule has 1 amide bonds. The highest BCUT2D eigenvalue weighted by molar-refractivity contribution is 7.98. The fraction of sp³-hybridized carbons (Fsp3) is 0.605. The van der Waals surface area contributed by atoms with Crippen LogP contribution in [0.15, 0.2) is 48.6 Å². The molecule has 5 aliphatic rings. The van der Waals surface area contributed by atoms with Gasteiger partial charge >= 0.3 is 0 Å². The Hall–Kier alpha value is -2.19. The van der Waals surface area contributed by atoms with Crippen LogP contribution in [0.4, 0.5) is 5.69 Å². The summed E-state index contributed by atoms with van der Waals surface area (Å²) in [6.07, 6.45) is 15.1. The predicted molar refractivity (Wildman–Crippen MR) is 187 cm³/mol. The quantitative estimate of drug-likeness (QED) is 0.192. The molecule has 2 aromatic carbocycles. The van der Waals surface area contributed by atoms with Gasteiger partial charge < -0.3 is 19.1 Å². The summed E-state index contributed by atoms with van der Waals surface area (Å²) in [5.41, 5.74) is 4.29. The van der Waals surface area contributed by atoms with Gasteiger partial charge in [-0.2, -0.15) is 0 Å². The van der Waals surface area contributed by atoms with E-state index in [0.29, 0.717) is 48.4 Å². The van der Waals surface area contributed by atoms with Gasteiger partial charge in [-0.15, -0.1) is 0 Å². The Bertz CT molecular complexity index is 1430. The average Bonchev–Trinajstić information content (AvgIpc) is 3.88. The number of hydrogen-bond acceptors (Lipinski definition) is 6. The van der Waals surface area contributed by atoms with Gasteiger partial charge in [-0.1, -0.05) is 49.6 Å². The number of methoxy groups -OCH3 is 1. The van der Waals surface area contributed by atoms with Crippen LogP contribution in [0.25, 0.3) is 0 Å². The van der Waals surface area contributed by atoms with Crippen LogP contribution in [0.1, 0.15) is 79.8 Å². The molecule has 6 nitrogen and oxygen atoms in total. The van der Waals surface area contributed by atoms with Crippen molar-refractivity contribution in [3.8, 4) is 5.75 Å². The van der Waals surface area contributed by atoms with Crippen LogP contribution in [0, 0.1) is 23.7 Å². The van der Waals surface area contributed by atoms with E-state index < -0.39 is 0 Å². The second kappa shape index (κ2) is 14.1. The van der Waals surface area contributed by atoms with Crippen LogP contribution in [-0.4, -0.2) is 57.3 Å². The lowest BCUT2D eigenvalue weighted by molar-refractivity contribution is -0.0309. The Balaban J connectivity index is 1.24. The minimum atomic E-state index is -0.143. The number of hydrogen-bond donors (Lipinski definition) is 1. The van der Waals surface area contributed by atoms with Crippen molar-refractivity contribution in [2.45, 2.75) is 81.5 Å². The van der Waals surface area contributed by atoms with Crippen LogP contribution in [0.3, 0.4) is 0 Å². The summed E-state index contributed by atoms with van der Waals surface area (Å²) in [4.78, 5) is 16.2. The molecule has 6 atom stereocenters. The molecule has 2 fully saturated rings. The van der Waals surface area contributed by atoms with Crippen molar-refractivity contribution in [3.05, 3.63) is 70.3 Å². The van der Waals surface area contributed by atoms with Gasteiger partial charge in [0, 0.05) is 41.5 Å². The maximum atomic E-state index is 13.7. The summed E-state index contributed by atoms with van der Waals surface area (Å²) < 4.78 is 21.9. The van der Waals surface area contributed by atoms with Gasteiger partial charge in [0.1, 0.15) is 5.75 Å². The number of aryl methyl sites for hydroxylation is 1. The molecule has 2 saturated carbocycles. The van der Waals surface area contributed by atoms with Gasteiger partial charge in [-0.05, 0) is 122 Å². The second-order valence-corrected chi connectivity index (χ2v) is 16.0. The Labute approximate surface area is 284 Å². The third kappa shape index (κ3) is 6.99. The highest BCUT2D eigenvalue weighted by atomic mass is 35.5. The van der Waals surface area contributed by atoms with Crippen LogP contribution < -0.4 is 14.4 Å². The van der Waals surface area contributed by atoms with E-state index in [2.05, 4.69) is 46.9 Å². The third-order valence-corrected chi connectivity index (χ3v) is 12.8. The van der Waals surface area contributed by atoms with E-state index in [0.717, 1.165) is 74.0 Å². The topological polar surface area (TPSA) is 60.0 Å². The van der Waals surface area contributed by atoms with E-state index in [1.54, 1.807) is 19.1 Å². The minimum absolute atomic E-state index is 0.0203. The van der Waals surface area contributed by atoms with Crippen LogP contribution in [0.5, 0.6) is 5.75 Å². The fourth-order valence-electron chi connectivity index (χ4n) is 8.23. The van der Waals surface area contributed by atoms with E-state index in [-0.39, 0.29) is 17.4 Å². The monoisotopic (exact) mass is 664 g/mol. The molecule has 0 radical (unpaired) electrons. The second-order valence-electron chi connectivity index (χ2n) is 14.5. The molecule has 3 aliphatic carbocycles. The summed E-state index contributed by atoms with van der Waals surface area (Å²) in [6, 6.07) is 12.5. The molecule has 0 saturated heterocycles. The highest BCUT2D eigenvalue weighted by Crippen LogP contribution is 2.47. The molecule has 2 aromatic rings. The fourth-order valence-corrected chi connectivity index (χ4v) is 9.51. The first kappa shape index (κ1) is 32.4. The van der Waals surface area contributed by atoms with Crippen molar-refractivity contribution in [1.82, 2.24) is 4.72 Å². The van der Waals surface area contributed by atoms with Gasteiger partial charge in [0.05, 0.1) is 31.6 Å². The van der Waals surface area contributed by atoms with E-state index in [1.807, 2.05) is 18.2 Å². The number of amides is 1. The van der Waals surface area contributed by atoms with Crippen molar-refractivity contribution < 1.29 is 19.0 Å². The average molecular weight is 665 g/mol. The molecule has 1 N–H and O–H groups in total. The van der Waals surface area contributed by atoms with Crippen LogP contribution in [-0.2, 0) is 21.3 Å². The Morgan fingerprint density at radius 1 is 1.13 bits per heavy atom. The van der Waals surface area contributed by atoms with Crippen molar-refractivity contribution >= 4 is 35.1 Å². The molecule has 0 aromatic heterocycles. The molecule has 46 heavy (non-hydrogen) atoms. The number of benzene rings is 2. The van der Waals surface area contributed by atoms with Crippen molar-refractivity contribution in [2.75, 3.05) is 44.9 Å². The van der Waals surface area contributed by atoms with Gasteiger partial charge in [0.15, 0.2) is 0 Å². The number of carbonyl (C=O) groups excluding carboxylic acids is 1. The maximum absolute atomic E-state index is 13.7. The van der Waals surface area contributed by atoms with Crippen LogP contribution in [0.2, 0.25) is 5.02 Å². The highest BCUT2D eigenvalue weighted by Gasteiger charge is 2.44. The number of halogens is 1. The van der Waals surface area contributed by atoms with Gasteiger partial charge in [0.25, 0.3) is 5.91 Å². The van der Waals surface area contributed by atoms with E-state index in [1.165, 1.54) is 30.4 Å². The number of fused-ring (bicyclic) bond motifs is 4. The van der Waals surface area contributed by atoms with Crippen molar-refractivity contribution in [1.29, 1.82) is 0 Å². The largest absolute Gasteiger partial charge is 0.490 e. The smallest absolute Gasteiger partial charge is 0.261 e. The molecular formula is C38H49ClN2O4S. The Kier molecular flexibility index (Phi) is 9.93. The predicted octanol–water partition coefficient (Wildman–Crippen LogP) is 8.01. The number of rotatable bonds is 6. The lowest BCUT2D eigenvalue weighted by Gasteiger charge is -2.46. The molecule has 2 aliphatic heterocycles. The number of carbonyl (C=O) groups is 1. The molecule has 2 bridgehead atoms. The lowest BCUT2D eigenvalue weighted by atomic mass is 9.68. The van der Waals surface area contributed by atoms with Crippen molar-refractivity contribution in [2.24, 2.45) is 23.7 Å². The Morgan fingerprint density at radius 3 is 2.83 bits per heavy atom. The zero-order chi connectivity index (χ0) is 31.7. The zero-order valence-electron chi connectivity index (χ0n) is 27.3. The molecule has 8 heteroatoms. The van der Waals surface area contributed by atoms with Gasteiger partial charge in [-0.3, -0.25) is 9.52 Å². The summed E-state index contributed by atoms with van der Waals surface area (Å²) in [5.74, 6) is 3.02. The number of nitrogens with one attached hydrogen (secondary N) is 1. The number of allylic oxidation sites excluding steroid dienone is 1. The van der Waals surface area contributed by atoms with E-state index in [9.17, 15) is 4.79 Å². The van der Waals surface area contributed by atoms with Gasteiger partial charge in [-0.25, -0.2) is 0 Å². The first-order valence-corrected chi connectivity index (χ1v) is 18.7. The number of ether oxygens (including phenoxy) is 3. The minimum Gasteiger partial charge on any atom is -0.490 e. The summed E-state index contributed by atoms with van der Waals surface area (Å²) in [7, 11) is 1.74. The van der Waals surface area contributed by atoms with E-state index in [4.69, 9.17) is 25.8 Å². The SMILES string of the molecule is COCCO[C@H]1/C=C\C[C@H](C)[C@H](CC2CC2)SNC(=O)c2ccc3c(c2)N(C[C@@H]2CC[C@H]21)C[C@@]1(CCCc2cc(Cl)ccc21)CO3. The number of nitrogens with zero attached hydrogens (tertiary/aromatic N) is 1.